The Balaban J connectivity index is 2.28. The average Bonchev–Trinajstić information content (AvgIpc) is 2.89. The molecule has 1 heterocycles. The SMILES string of the molecule is Cc1ccc(Nc2sc(C#N)c(C)c2C(=O)NOCCCO)c(F)c1. The fraction of sp³-hybridized carbons (Fsp3) is 0.294. The highest BCUT2D eigenvalue weighted by Gasteiger charge is 2.22. The molecule has 0 fully saturated rings. The topological polar surface area (TPSA) is 94.4 Å². The summed E-state index contributed by atoms with van der Waals surface area (Å²) in [6.45, 7) is 3.53. The maximum atomic E-state index is 14.1. The summed E-state index contributed by atoms with van der Waals surface area (Å²) < 4.78 is 14.1. The van der Waals surface area contributed by atoms with Gasteiger partial charge < -0.3 is 10.4 Å². The molecule has 0 unspecified atom stereocenters. The molecule has 0 bridgehead atoms. The number of aryl methyl sites for hydroxylation is 1. The molecule has 1 amide bonds. The van der Waals surface area contributed by atoms with Crippen molar-refractivity contribution in [1.82, 2.24) is 5.48 Å². The van der Waals surface area contributed by atoms with E-state index < -0.39 is 11.7 Å². The van der Waals surface area contributed by atoms with Gasteiger partial charge in [-0.25, -0.2) is 9.87 Å². The standard InChI is InChI=1S/C17H18FN3O3S/c1-10-4-5-13(12(18)8-10)20-17-15(11(2)14(9-19)25-17)16(23)21-24-7-3-6-22/h4-5,8,20,22H,3,6-7H2,1-2H3,(H,21,23). The zero-order chi connectivity index (χ0) is 18.4. The smallest absolute Gasteiger partial charge is 0.278 e. The van der Waals surface area contributed by atoms with Gasteiger partial charge >= 0.3 is 0 Å². The second kappa shape index (κ2) is 8.58. The number of benzene rings is 1. The van der Waals surface area contributed by atoms with Gasteiger partial charge in [0, 0.05) is 6.61 Å². The van der Waals surface area contributed by atoms with Crippen molar-refractivity contribution >= 4 is 27.9 Å². The first-order valence-corrected chi connectivity index (χ1v) is 8.39. The molecule has 0 saturated carbocycles. The van der Waals surface area contributed by atoms with Crippen molar-refractivity contribution in [3.05, 3.63) is 45.6 Å². The summed E-state index contributed by atoms with van der Waals surface area (Å²) in [5.41, 5.74) is 3.98. The van der Waals surface area contributed by atoms with Crippen LogP contribution in [0, 0.1) is 31.0 Å². The van der Waals surface area contributed by atoms with E-state index in [0.29, 0.717) is 21.9 Å². The number of hydroxylamine groups is 1. The Morgan fingerprint density at radius 3 is 2.84 bits per heavy atom. The Labute approximate surface area is 148 Å². The fourth-order valence-electron chi connectivity index (χ4n) is 2.13. The van der Waals surface area contributed by atoms with Crippen LogP contribution >= 0.6 is 11.3 Å². The molecular weight excluding hydrogens is 345 g/mol. The lowest BCUT2D eigenvalue weighted by molar-refractivity contribution is 0.0262. The van der Waals surface area contributed by atoms with E-state index in [9.17, 15) is 14.4 Å². The highest BCUT2D eigenvalue weighted by Crippen LogP contribution is 2.35. The van der Waals surface area contributed by atoms with Crippen LogP contribution in [0.2, 0.25) is 0 Å². The summed E-state index contributed by atoms with van der Waals surface area (Å²) in [4.78, 5) is 17.7. The predicted octanol–water partition coefficient (Wildman–Crippen LogP) is 3.16. The van der Waals surface area contributed by atoms with Gasteiger partial charge in [-0.2, -0.15) is 5.26 Å². The van der Waals surface area contributed by atoms with E-state index in [4.69, 9.17) is 9.94 Å². The maximum Gasteiger partial charge on any atom is 0.278 e. The number of anilines is 2. The molecule has 6 nitrogen and oxygen atoms in total. The molecule has 0 radical (unpaired) electrons. The number of carbonyl (C=O) groups excluding carboxylic acids is 1. The third-order valence-electron chi connectivity index (χ3n) is 3.42. The Morgan fingerprint density at radius 1 is 1.44 bits per heavy atom. The van der Waals surface area contributed by atoms with Crippen molar-refractivity contribution < 1.29 is 19.1 Å². The second-order valence-corrected chi connectivity index (χ2v) is 6.36. The zero-order valence-electron chi connectivity index (χ0n) is 13.9. The lowest BCUT2D eigenvalue weighted by Crippen LogP contribution is -2.25. The molecule has 2 aromatic rings. The van der Waals surface area contributed by atoms with E-state index in [2.05, 4.69) is 10.8 Å². The fourth-order valence-corrected chi connectivity index (χ4v) is 3.14. The van der Waals surface area contributed by atoms with Crippen LogP contribution in [0.25, 0.3) is 0 Å². The van der Waals surface area contributed by atoms with Gasteiger partial charge in [0.15, 0.2) is 0 Å². The highest BCUT2D eigenvalue weighted by molar-refractivity contribution is 7.17. The van der Waals surface area contributed by atoms with Gasteiger partial charge in [-0.1, -0.05) is 6.07 Å². The van der Waals surface area contributed by atoms with Crippen LogP contribution < -0.4 is 10.8 Å². The number of hydrogen-bond donors (Lipinski definition) is 3. The van der Waals surface area contributed by atoms with Crippen LogP contribution in [-0.4, -0.2) is 24.2 Å². The third kappa shape index (κ3) is 4.54. The van der Waals surface area contributed by atoms with Crippen LogP contribution in [-0.2, 0) is 4.84 Å². The maximum absolute atomic E-state index is 14.1. The van der Waals surface area contributed by atoms with Crippen LogP contribution in [0.15, 0.2) is 18.2 Å². The molecule has 132 valence electrons. The van der Waals surface area contributed by atoms with Gasteiger partial charge in [0.05, 0.1) is 17.9 Å². The quantitative estimate of drug-likeness (QED) is 0.519. The Hall–Kier alpha value is -2.47. The zero-order valence-corrected chi connectivity index (χ0v) is 14.7. The molecule has 0 atom stereocenters. The normalized spacial score (nSPS) is 10.4. The van der Waals surface area contributed by atoms with Crippen molar-refractivity contribution in [2.45, 2.75) is 20.3 Å². The predicted molar refractivity (Wildman–Crippen MR) is 93.3 cm³/mol. The summed E-state index contributed by atoms with van der Waals surface area (Å²) >= 11 is 1.07. The Morgan fingerprint density at radius 2 is 2.20 bits per heavy atom. The minimum atomic E-state index is -0.539. The molecule has 8 heteroatoms. The number of thiophene rings is 1. The van der Waals surface area contributed by atoms with Crippen LogP contribution in [0.3, 0.4) is 0 Å². The lowest BCUT2D eigenvalue weighted by atomic mass is 10.1. The van der Waals surface area contributed by atoms with Gasteiger partial charge in [0.25, 0.3) is 5.91 Å². The number of carbonyl (C=O) groups is 1. The van der Waals surface area contributed by atoms with Crippen molar-refractivity contribution in [2.24, 2.45) is 0 Å². The van der Waals surface area contributed by atoms with Gasteiger partial charge in [0.1, 0.15) is 21.8 Å². The molecule has 0 saturated heterocycles. The first-order valence-electron chi connectivity index (χ1n) is 7.57. The number of nitrogens with one attached hydrogen (secondary N) is 2. The molecule has 3 N–H and O–H groups in total. The molecule has 1 aromatic heterocycles. The molecule has 2 rings (SSSR count). The summed E-state index contributed by atoms with van der Waals surface area (Å²) in [5, 5.41) is 21.2. The molecule has 0 aliphatic heterocycles. The van der Waals surface area contributed by atoms with E-state index in [-0.39, 0.29) is 24.5 Å². The van der Waals surface area contributed by atoms with Gasteiger partial charge in [-0.05, 0) is 43.5 Å². The summed E-state index contributed by atoms with van der Waals surface area (Å²) in [6.07, 6.45) is 0.381. The monoisotopic (exact) mass is 363 g/mol. The van der Waals surface area contributed by atoms with Crippen LogP contribution in [0.4, 0.5) is 15.1 Å². The summed E-state index contributed by atoms with van der Waals surface area (Å²) in [6, 6.07) is 6.73. The summed E-state index contributed by atoms with van der Waals surface area (Å²) in [5.74, 6) is -0.988. The largest absolute Gasteiger partial charge is 0.396 e. The van der Waals surface area contributed by atoms with E-state index in [0.717, 1.165) is 16.9 Å². The second-order valence-electron chi connectivity index (χ2n) is 5.34. The Kier molecular flexibility index (Phi) is 6.47. The van der Waals surface area contributed by atoms with Gasteiger partial charge in [-0.15, -0.1) is 11.3 Å². The molecule has 0 spiro atoms. The van der Waals surface area contributed by atoms with Crippen molar-refractivity contribution in [3.8, 4) is 6.07 Å². The van der Waals surface area contributed by atoms with Crippen LogP contribution in [0.1, 0.15) is 32.8 Å². The van der Waals surface area contributed by atoms with Crippen LogP contribution in [0.5, 0.6) is 0 Å². The number of aliphatic hydroxyl groups excluding tert-OH is 1. The van der Waals surface area contributed by atoms with Crippen molar-refractivity contribution in [2.75, 3.05) is 18.5 Å². The molecule has 1 aromatic carbocycles. The third-order valence-corrected chi connectivity index (χ3v) is 4.53. The van der Waals surface area contributed by atoms with Gasteiger partial charge in [0.2, 0.25) is 0 Å². The molecule has 0 aliphatic rings. The van der Waals surface area contributed by atoms with Crippen molar-refractivity contribution in [1.29, 1.82) is 5.26 Å². The molecular formula is C17H18FN3O3S. The highest BCUT2D eigenvalue weighted by atomic mass is 32.1. The van der Waals surface area contributed by atoms with E-state index in [1.165, 1.54) is 6.07 Å². The van der Waals surface area contributed by atoms with Gasteiger partial charge in [-0.3, -0.25) is 9.63 Å². The average molecular weight is 363 g/mol. The van der Waals surface area contributed by atoms with E-state index in [1.807, 2.05) is 6.07 Å². The number of hydrogen-bond acceptors (Lipinski definition) is 6. The van der Waals surface area contributed by atoms with E-state index >= 15 is 0 Å². The van der Waals surface area contributed by atoms with Crippen molar-refractivity contribution in [3.63, 3.8) is 0 Å². The Bertz CT molecular complexity index is 814. The number of amides is 1. The summed E-state index contributed by atoms with van der Waals surface area (Å²) in [7, 11) is 0. The number of rotatable bonds is 7. The lowest BCUT2D eigenvalue weighted by Gasteiger charge is -2.10. The molecule has 0 aliphatic carbocycles. The number of aliphatic hydroxyl groups is 1. The number of nitrogens with zero attached hydrogens (tertiary/aromatic N) is 1. The first kappa shape index (κ1) is 18.9. The minimum absolute atomic E-state index is 0.0502. The number of halogens is 1. The van der Waals surface area contributed by atoms with E-state index in [1.54, 1.807) is 26.0 Å². The molecule has 25 heavy (non-hydrogen) atoms. The minimum Gasteiger partial charge on any atom is -0.396 e. The number of nitriles is 1. The first-order chi connectivity index (χ1) is 12.0.